The van der Waals surface area contributed by atoms with Crippen LogP contribution in [0.5, 0.6) is 0 Å². The number of hydrogen-bond donors (Lipinski definition) is 6. The molecule has 1 amide bonds. The van der Waals surface area contributed by atoms with Crippen LogP contribution in [-0.2, 0) is 0 Å². The second-order valence-electron chi connectivity index (χ2n) is 3.92. The average Bonchev–Trinajstić information content (AvgIpc) is 2.98. The third-order valence-corrected chi connectivity index (χ3v) is 2.42. The number of carbonyl (C=O) groups is 1. The van der Waals surface area contributed by atoms with E-state index in [0.717, 1.165) is 6.21 Å². The lowest BCUT2D eigenvalue weighted by atomic mass is 10.0. The van der Waals surface area contributed by atoms with E-state index in [1.54, 1.807) is 0 Å². The van der Waals surface area contributed by atoms with E-state index in [4.69, 9.17) is 14.6 Å². The van der Waals surface area contributed by atoms with E-state index in [0.29, 0.717) is 0 Å². The minimum absolute atomic E-state index is 0.00734. The number of amides is 1. The summed E-state index contributed by atoms with van der Waals surface area (Å²) >= 11 is 0. The molecular formula is C11H16N2O7. The van der Waals surface area contributed by atoms with Crippen LogP contribution >= 0.6 is 0 Å². The molecule has 1 rings (SSSR count). The first kappa shape index (κ1) is 16.3. The van der Waals surface area contributed by atoms with Crippen molar-refractivity contribution in [1.82, 2.24) is 5.43 Å². The SMILES string of the molecule is O=C(N/N=C\[C@H](O)[C@H](O)[C@@H](O)[C@@H](O)CO)c1ccco1. The Morgan fingerprint density at radius 3 is 2.60 bits per heavy atom. The molecule has 9 nitrogen and oxygen atoms in total. The Labute approximate surface area is 113 Å². The highest BCUT2D eigenvalue weighted by molar-refractivity contribution is 5.91. The zero-order valence-electron chi connectivity index (χ0n) is 10.3. The normalized spacial score (nSPS) is 17.6. The zero-order chi connectivity index (χ0) is 15.1. The highest BCUT2D eigenvalue weighted by Crippen LogP contribution is 2.04. The molecule has 112 valence electrons. The van der Waals surface area contributed by atoms with Gasteiger partial charge in [0.1, 0.15) is 24.4 Å². The third-order valence-electron chi connectivity index (χ3n) is 2.42. The third kappa shape index (κ3) is 4.40. The molecule has 0 aliphatic rings. The van der Waals surface area contributed by atoms with Crippen molar-refractivity contribution in [3.63, 3.8) is 0 Å². The van der Waals surface area contributed by atoms with Gasteiger partial charge in [0.05, 0.1) is 19.1 Å². The van der Waals surface area contributed by atoms with Crippen LogP contribution in [0.15, 0.2) is 27.9 Å². The van der Waals surface area contributed by atoms with Gasteiger partial charge in [0.25, 0.3) is 0 Å². The fourth-order valence-electron chi connectivity index (χ4n) is 1.26. The molecule has 0 radical (unpaired) electrons. The Morgan fingerprint density at radius 1 is 1.35 bits per heavy atom. The van der Waals surface area contributed by atoms with E-state index < -0.39 is 36.9 Å². The lowest BCUT2D eigenvalue weighted by Crippen LogP contribution is -2.46. The zero-order valence-corrected chi connectivity index (χ0v) is 10.3. The van der Waals surface area contributed by atoms with Gasteiger partial charge in [-0.1, -0.05) is 0 Å². The van der Waals surface area contributed by atoms with Crippen LogP contribution in [0.1, 0.15) is 10.6 Å². The summed E-state index contributed by atoms with van der Waals surface area (Å²) in [5.74, 6) is -0.656. The second-order valence-corrected chi connectivity index (χ2v) is 3.92. The molecule has 1 heterocycles. The molecule has 1 aromatic heterocycles. The van der Waals surface area contributed by atoms with Crippen molar-refractivity contribution in [2.45, 2.75) is 24.4 Å². The molecule has 0 fully saturated rings. The monoisotopic (exact) mass is 288 g/mol. The van der Waals surface area contributed by atoms with Crippen molar-refractivity contribution in [3.8, 4) is 0 Å². The van der Waals surface area contributed by atoms with Crippen LogP contribution < -0.4 is 5.43 Å². The second kappa shape index (κ2) is 7.72. The van der Waals surface area contributed by atoms with Gasteiger partial charge in [-0.05, 0) is 12.1 Å². The number of hydrogen-bond acceptors (Lipinski definition) is 8. The Bertz CT molecular complexity index is 434. The smallest absolute Gasteiger partial charge is 0.307 e. The molecule has 9 heteroatoms. The number of nitrogens with zero attached hydrogens (tertiary/aromatic N) is 1. The van der Waals surface area contributed by atoms with E-state index in [1.165, 1.54) is 18.4 Å². The molecule has 6 N–H and O–H groups in total. The van der Waals surface area contributed by atoms with Crippen LogP contribution in [0.3, 0.4) is 0 Å². The Morgan fingerprint density at radius 2 is 2.05 bits per heavy atom. The maximum atomic E-state index is 11.4. The maximum absolute atomic E-state index is 11.4. The molecule has 0 aromatic carbocycles. The summed E-state index contributed by atoms with van der Waals surface area (Å²) in [5, 5.41) is 49.3. The number of furan rings is 1. The van der Waals surface area contributed by atoms with Gasteiger partial charge in [-0.2, -0.15) is 5.10 Å². The molecule has 0 saturated heterocycles. The quantitative estimate of drug-likeness (QED) is 0.238. The van der Waals surface area contributed by atoms with Gasteiger partial charge in [0.2, 0.25) is 0 Å². The minimum atomic E-state index is -1.78. The molecule has 0 unspecified atom stereocenters. The van der Waals surface area contributed by atoms with E-state index in [-0.39, 0.29) is 5.76 Å². The van der Waals surface area contributed by atoms with Gasteiger partial charge in [-0.25, -0.2) is 5.43 Å². The summed E-state index contributed by atoms with van der Waals surface area (Å²) in [6.07, 6.45) is -4.74. The molecule has 20 heavy (non-hydrogen) atoms. The number of aliphatic hydroxyl groups is 5. The number of aliphatic hydroxyl groups excluding tert-OH is 5. The van der Waals surface area contributed by atoms with Gasteiger partial charge in [-0.3, -0.25) is 4.79 Å². The summed E-state index contributed by atoms with van der Waals surface area (Å²) < 4.78 is 4.79. The van der Waals surface area contributed by atoms with Crippen LogP contribution in [0.25, 0.3) is 0 Å². The number of hydrazone groups is 1. The number of rotatable bonds is 7. The number of nitrogens with one attached hydrogen (secondary N) is 1. The van der Waals surface area contributed by atoms with Crippen molar-refractivity contribution < 1.29 is 34.7 Å². The van der Waals surface area contributed by atoms with Crippen molar-refractivity contribution in [3.05, 3.63) is 24.2 Å². The molecule has 0 aliphatic carbocycles. The summed E-state index contributed by atoms with van der Waals surface area (Å²) in [5.41, 5.74) is 2.03. The lowest BCUT2D eigenvalue weighted by Gasteiger charge is -2.23. The molecule has 0 saturated carbocycles. The fraction of sp³-hybridized carbons (Fsp3) is 0.455. The Balaban J connectivity index is 2.47. The van der Waals surface area contributed by atoms with Gasteiger partial charge in [0.15, 0.2) is 5.76 Å². The van der Waals surface area contributed by atoms with Gasteiger partial charge < -0.3 is 29.9 Å². The van der Waals surface area contributed by atoms with E-state index in [9.17, 15) is 20.1 Å². The maximum Gasteiger partial charge on any atom is 0.307 e. The van der Waals surface area contributed by atoms with Gasteiger partial charge >= 0.3 is 5.91 Å². The van der Waals surface area contributed by atoms with Crippen molar-refractivity contribution in [2.75, 3.05) is 6.61 Å². The molecule has 0 bridgehead atoms. The van der Waals surface area contributed by atoms with E-state index in [1.807, 2.05) is 5.43 Å². The first-order valence-corrected chi connectivity index (χ1v) is 5.67. The molecule has 1 aromatic rings. The van der Waals surface area contributed by atoms with E-state index in [2.05, 4.69) is 5.10 Å². The topological polar surface area (TPSA) is 156 Å². The van der Waals surface area contributed by atoms with Crippen LogP contribution in [0.2, 0.25) is 0 Å². The predicted molar refractivity (Wildman–Crippen MR) is 65.8 cm³/mol. The standard InChI is InChI=1S/C11H16N2O7/c14-5-7(16)10(18)9(17)6(15)4-12-13-11(19)8-2-1-3-20-8/h1-4,6-7,9-10,14-18H,5H2,(H,13,19)/b12-4-/t6-,7-,9-,10-/m0/s1. The van der Waals surface area contributed by atoms with Gasteiger partial charge in [-0.15, -0.1) is 0 Å². The molecule has 0 aliphatic heterocycles. The number of carbonyl (C=O) groups excluding carboxylic acids is 1. The fourth-order valence-corrected chi connectivity index (χ4v) is 1.26. The first-order valence-electron chi connectivity index (χ1n) is 5.67. The molecular weight excluding hydrogens is 272 g/mol. The predicted octanol–water partition coefficient (Wildman–Crippen LogP) is -2.57. The summed E-state index contributed by atoms with van der Waals surface area (Å²) in [6, 6.07) is 2.90. The van der Waals surface area contributed by atoms with Gasteiger partial charge in [0, 0.05) is 0 Å². The van der Waals surface area contributed by atoms with Crippen LogP contribution in [-0.4, -0.2) is 68.7 Å². The van der Waals surface area contributed by atoms with E-state index >= 15 is 0 Å². The lowest BCUT2D eigenvalue weighted by molar-refractivity contribution is -0.0999. The highest BCUT2D eigenvalue weighted by Gasteiger charge is 2.29. The summed E-state index contributed by atoms with van der Waals surface area (Å²) in [7, 11) is 0. The van der Waals surface area contributed by atoms with Crippen molar-refractivity contribution in [2.24, 2.45) is 5.10 Å². The van der Waals surface area contributed by atoms with Crippen molar-refractivity contribution >= 4 is 12.1 Å². The molecule has 0 spiro atoms. The van der Waals surface area contributed by atoms with Crippen molar-refractivity contribution in [1.29, 1.82) is 0 Å². The largest absolute Gasteiger partial charge is 0.459 e. The minimum Gasteiger partial charge on any atom is -0.459 e. The Hall–Kier alpha value is -1.78. The van der Waals surface area contributed by atoms with Crippen LogP contribution in [0.4, 0.5) is 0 Å². The average molecular weight is 288 g/mol. The van der Waals surface area contributed by atoms with Crippen LogP contribution in [0, 0.1) is 0 Å². The molecule has 4 atom stereocenters. The summed E-state index contributed by atoms with van der Waals surface area (Å²) in [4.78, 5) is 11.4. The highest BCUT2D eigenvalue weighted by atomic mass is 16.4. The Kier molecular flexibility index (Phi) is 6.28. The summed E-state index contributed by atoms with van der Waals surface area (Å²) in [6.45, 7) is -0.780. The first-order chi connectivity index (χ1) is 9.47.